The molecule has 0 saturated carbocycles. The molecule has 2 aromatic carbocycles. The number of aryl methyl sites for hydroxylation is 2. The average Bonchev–Trinajstić information content (AvgIpc) is 3.43. The maximum Gasteiger partial charge on any atom is 0.203 e. The molecule has 2 aromatic heterocycles. The number of likely N-dealkylation sites (tertiary alicyclic amines) is 1. The minimum atomic E-state index is 0.333. The maximum atomic E-state index is 5.78. The van der Waals surface area contributed by atoms with E-state index in [1.54, 1.807) is 11.3 Å². The van der Waals surface area contributed by atoms with Crippen molar-refractivity contribution in [3.63, 3.8) is 0 Å². The Kier molecular flexibility index (Phi) is 4.81. The van der Waals surface area contributed by atoms with E-state index >= 15 is 0 Å². The Balaban J connectivity index is 1.43. The summed E-state index contributed by atoms with van der Waals surface area (Å²) in [4.78, 5) is 7.35. The van der Waals surface area contributed by atoms with Crippen molar-refractivity contribution in [2.45, 2.75) is 39.4 Å². The lowest BCUT2D eigenvalue weighted by Crippen LogP contribution is -2.27. The standard InChI is InChI=1S/C22H23N5S2/c1-15-9-10-16(2)19(12-15)26-13-23-27(22(26)28)14-25-11-5-7-18(25)21-24-17-6-3-4-8-20(17)29-21/h3-4,6,8-10,12-13,18H,5,7,11,14H2,1-2H3/t18-/m1/s1. The number of para-hydroxylation sites is 1. The maximum absolute atomic E-state index is 5.78. The number of thiazole rings is 1. The lowest BCUT2D eigenvalue weighted by molar-refractivity contribution is 0.190. The Morgan fingerprint density at radius 1 is 1.17 bits per heavy atom. The van der Waals surface area contributed by atoms with Crippen LogP contribution in [0.25, 0.3) is 15.9 Å². The highest BCUT2D eigenvalue weighted by Gasteiger charge is 2.29. The highest BCUT2D eigenvalue weighted by atomic mass is 32.1. The van der Waals surface area contributed by atoms with Gasteiger partial charge in [-0.25, -0.2) is 9.67 Å². The van der Waals surface area contributed by atoms with Crippen molar-refractivity contribution >= 4 is 33.8 Å². The van der Waals surface area contributed by atoms with Gasteiger partial charge >= 0.3 is 0 Å². The molecule has 0 radical (unpaired) electrons. The first-order valence-corrected chi connectivity index (χ1v) is 11.1. The zero-order valence-electron chi connectivity index (χ0n) is 16.6. The summed E-state index contributed by atoms with van der Waals surface area (Å²) in [7, 11) is 0. The smallest absolute Gasteiger partial charge is 0.203 e. The van der Waals surface area contributed by atoms with E-state index in [0.717, 1.165) is 28.9 Å². The number of nitrogens with zero attached hydrogens (tertiary/aromatic N) is 5. The third kappa shape index (κ3) is 3.43. The molecule has 1 saturated heterocycles. The Labute approximate surface area is 179 Å². The second-order valence-electron chi connectivity index (χ2n) is 7.70. The summed E-state index contributed by atoms with van der Waals surface area (Å²) in [6.45, 7) is 5.94. The number of aromatic nitrogens is 4. The van der Waals surface area contributed by atoms with E-state index < -0.39 is 0 Å². The minimum Gasteiger partial charge on any atom is -0.275 e. The van der Waals surface area contributed by atoms with Crippen molar-refractivity contribution in [1.29, 1.82) is 0 Å². The van der Waals surface area contributed by atoms with Crippen LogP contribution in [0, 0.1) is 18.6 Å². The molecule has 5 nitrogen and oxygen atoms in total. The monoisotopic (exact) mass is 421 g/mol. The number of rotatable bonds is 4. The zero-order valence-corrected chi connectivity index (χ0v) is 18.2. The molecule has 0 amide bonds. The van der Waals surface area contributed by atoms with Crippen molar-refractivity contribution in [1.82, 2.24) is 24.2 Å². The van der Waals surface area contributed by atoms with Crippen LogP contribution in [-0.4, -0.2) is 30.8 Å². The second kappa shape index (κ2) is 7.48. The first-order chi connectivity index (χ1) is 14.1. The van der Waals surface area contributed by atoms with E-state index in [4.69, 9.17) is 17.2 Å². The SMILES string of the molecule is Cc1ccc(C)c(-n2cnn(CN3CCC[C@@H]3c3nc4ccccc4s3)c2=S)c1. The number of benzene rings is 2. The lowest BCUT2D eigenvalue weighted by atomic mass is 10.1. The molecule has 0 spiro atoms. The van der Waals surface area contributed by atoms with Crippen LogP contribution < -0.4 is 0 Å². The van der Waals surface area contributed by atoms with Crippen LogP contribution in [0.1, 0.15) is 35.0 Å². The molecule has 3 heterocycles. The summed E-state index contributed by atoms with van der Waals surface area (Å²) >= 11 is 7.58. The topological polar surface area (TPSA) is 38.9 Å². The molecule has 1 fully saturated rings. The highest BCUT2D eigenvalue weighted by Crippen LogP contribution is 2.36. The third-order valence-electron chi connectivity index (χ3n) is 5.63. The van der Waals surface area contributed by atoms with Gasteiger partial charge in [-0.15, -0.1) is 11.3 Å². The van der Waals surface area contributed by atoms with Gasteiger partial charge < -0.3 is 0 Å². The molecular weight excluding hydrogens is 398 g/mol. The molecule has 5 rings (SSSR count). The predicted octanol–water partition coefficient (Wildman–Crippen LogP) is 5.42. The van der Waals surface area contributed by atoms with E-state index in [2.05, 4.69) is 66.3 Å². The molecule has 29 heavy (non-hydrogen) atoms. The average molecular weight is 422 g/mol. The molecule has 0 N–H and O–H groups in total. The van der Waals surface area contributed by atoms with Gasteiger partial charge in [0.05, 0.1) is 28.6 Å². The van der Waals surface area contributed by atoms with Crippen molar-refractivity contribution in [2.24, 2.45) is 0 Å². The van der Waals surface area contributed by atoms with Gasteiger partial charge in [0.15, 0.2) is 0 Å². The predicted molar refractivity (Wildman–Crippen MR) is 120 cm³/mol. The summed E-state index contributed by atoms with van der Waals surface area (Å²) in [6, 6.07) is 15.1. The lowest BCUT2D eigenvalue weighted by Gasteiger charge is -2.22. The summed E-state index contributed by atoms with van der Waals surface area (Å²) < 4.78 is 5.93. The second-order valence-corrected chi connectivity index (χ2v) is 9.13. The van der Waals surface area contributed by atoms with Gasteiger partial charge in [-0.1, -0.05) is 24.3 Å². The summed E-state index contributed by atoms with van der Waals surface area (Å²) in [5, 5.41) is 5.81. The Morgan fingerprint density at radius 3 is 2.90 bits per heavy atom. The van der Waals surface area contributed by atoms with Crippen molar-refractivity contribution < 1.29 is 0 Å². The normalized spacial score (nSPS) is 17.4. The Morgan fingerprint density at radius 2 is 2.03 bits per heavy atom. The molecule has 4 aromatic rings. The van der Waals surface area contributed by atoms with Crippen LogP contribution in [0.5, 0.6) is 0 Å². The summed E-state index contributed by atoms with van der Waals surface area (Å²) in [6.07, 6.45) is 4.14. The molecular formula is C22H23N5S2. The quantitative estimate of drug-likeness (QED) is 0.412. The molecule has 1 aliphatic rings. The third-order valence-corrected chi connectivity index (χ3v) is 7.18. The van der Waals surface area contributed by atoms with Gasteiger partial charge in [-0.05, 0) is 68.2 Å². The fraction of sp³-hybridized carbons (Fsp3) is 0.318. The fourth-order valence-corrected chi connectivity index (χ4v) is 5.45. The van der Waals surface area contributed by atoms with Crippen LogP contribution >= 0.6 is 23.6 Å². The van der Waals surface area contributed by atoms with Gasteiger partial charge in [-0.3, -0.25) is 9.47 Å². The van der Waals surface area contributed by atoms with Crippen LogP contribution in [0.2, 0.25) is 0 Å². The first kappa shape index (κ1) is 18.7. The highest BCUT2D eigenvalue weighted by molar-refractivity contribution is 7.71. The molecule has 1 atom stereocenters. The van der Waals surface area contributed by atoms with Gasteiger partial charge in [0.1, 0.15) is 11.3 Å². The molecule has 0 aliphatic carbocycles. The summed E-state index contributed by atoms with van der Waals surface area (Å²) in [5.74, 6) is 0. The van der Waals surface area contributed by atoms with Gasteiger partial charge in [0, 0.05) is 6.54 Å². The largest absolute Gasteiger partial charge is 0.275 e. The van der Waals surface area contributed by atoms with Gasteiger partial charge in [0.25, 0.3) is 0 Å². The van der Waals surface area contributed by atoms with E-state index in [1.165, 1.54) is 27.3 Å². The van der Waals surface area contributed by atoms with Gasteiger partial charge in [0.2, 0.25) is 4.77 Å². The molecule has 1 aliphatic heterocycles. The Hall–Kier alpha value is -2.35. The zero-order chi connectivity index (χ0) is 20.0. The van der Waals surface area contributed by atoms with Crippen LogP contribution in [0.4, 0.5) is 0 Å². The molecule has 0 bridgehead atoms. The van der Waals surface area contributed by atoms with E-state index in [-0.39, 0.29) is 0 Å². The van der Waals surface area contributed by atoms with Gasteiger partial charge in [-0.2, -0.15) is 5.10 Å². The van der Waals surface area contributed by atoms with Crippen molar-refractivity contribution in [3.8, 4) is 5.69 Å². The summed E-state index contributed by atoms with van der Waals surface area (Å²) in [5.41, 5.74) is 4.61. The molecule has 7 heteroatoms. The number of hydrogen-bond donors (Lipinski definition) is 0. The van der Waals surface area contributed by atoms with Crippen molar-refractivity contribution in [2.75, 3.05) is 6.54 Å². The van der Waals surface area contributed by atoms with Crippen LogP contribution in [0.3, 0.4) is 0 Å². The number of fused-ring (bicyclic) bond motifs is 1. The molecule has 148 valence electrons. The first-order valence-electron chi connectivity index (χ1n) is 9.92. The number of hydrogen-bond acceptors (Lipinski definition) is 5. The van der Waals surface area contributed by atoms with E-state index in [0.29, 0.717) is 12.7 Å². The van der Waals surface area contributed by atoms with E-state index in [9.17, 15) is 0 Å². The Bertz CT molecular complexity index is 1200. The van der Waals surface area contributed by atoms with Crippen LogP contribution in [-0.2, 0) is 6.67 Å². The van der Waals surface area contributed by atoms with E-state index in [1.807, 2.05) is 15.6 Å². The van der Waals surface area contributed by atoms with Crippen molar-refractivity contribution in [3.05, 3.63) is 69.7 Å². The minimum absolute atomic E-state index is 0.333. The molecule has 0 unspecified atom stereocenters. The van der Waals surface area contributed by atoms with Crippen LogP contribution in [0.15, 0.2) is 48.8 Å². The fourth-order valence-electron chi connectivity index (χ4n) is 4.06.